The number of rotatable bonds is 6. The van der Waals surface area contributed by atoms with Crippen molar-refractivity contribution in [2.24, 2.45) is 0 Å². The van der Waals surface area contributed by atoms with Crippen LogP contribution in [0.1, 0.15) is 35.5 Å². The highest BCUT2D eigenvalue weighted by Crippen LogP contribution is 2.62. The van der Waals surface area contributed by atoms with Crippen LogP contribution in [0.15, 0.2) is 47.8 Å². The third kappa shape index (κ3) is 6.57. The quantitative estimate of drug-likeness (QED) is 0.449. The largest absolute Gasteiger partial charge is 0.293 e. The minimum absolute atomic E-state index is 0.180. The number of nitrogens with zero attached hydrogens (tertiary/aromatic N) is 1. The van der Waals surface area contributed by atoms with Gasteiger partial charge < -0.3 is 0 Å². The summed E-state index contributed by atoms with van der Waals surface area (Å²) >= 11 is 5.23. The van der Waals surface area contributed by atoms with E-state index < -0.39 is 10.2 Å². The van der Waals surface area contributed by atoms with Crippen molar-refractivity contribution in [3.05, 3.63) is 58.3 Å². The average molecular weight is 462 g/mol. The number of thiophene rings is 1. The second-order valence-corrected chi connectivity index (χ2v) is 10.5. The summed E-state index contributed by atoms with van der Waals surface area (Å²) in [5, 5.41) is 1.97. The summed E-state index contributed by atoms with van der Waals surface area (Å²) in [5.74, 6) is 0.238. The van der Waals surface area contributed by atoms with Crippen molar-refractivity contribution in [2.45, 2.75) is 24.3 Å². The van der Waals surface area contributed by atoms with Crippen molar-refractivity contribution >= 4 is 45.0 Å². The Morgan fingerprint density at radius 3 is 2.04 bits per heavy atom. The average Bonchev–Trinajstić information content (AvgIpc) is 3.14. The molecule has 0 unspecified atom stereocenters. The van der Waals surface area contributed by atoms with Crippen LogP contribution >= 0.6 is 34.9 Å². The van der Waals surface area contributed by atoms with Gasteiger partial charge in [-0.1, -0.05) is 36.4 Å². The van der Waals surface area contributed by atoms with E-state index in [1.165, 1.54) is 21.3 Å². The number of Topliss-reactive ketones (excluding diaryl/α,β-unsaturated/α-hetero) is 1. The maximum absolute atomic E-state index is 12.7. The highest BCUT2D eigenvalue weighted by atomic mass is 35.7. The standard InChI is InChI=1S/C18H20NOS3.ClHO4/c1-3-19(4-2)17-22-18(23-17,14-9-6-5-7-10-14)13-15(20)16-11-8-12-21-16;2-1(3,4)5/h5-12H,3-4,13H2,1-2H3;(H,2,3,4,5)/q+1;/p-1. The van der Waals surface area contributed by atoms with Gasteiger partial charge in [0.05, 0.1) is 4.88 Å². The van der Waals surface area contributed by atoms with E-state index >= 15 is 0 Å². The molecule has 152 valence electrons. The first-order valence-electron chi connectivity index (χ1n) is 8.42. The van der Waals surface area contributed by atoms with Gasteiger partial charge in [-0.15, -0.1) is 21.6 Å². The van der Waals surface area contributed by atoms with E-state index in [-0.39, 0.29) is 9.86 Å². The molecule has 1 aliphatic heterocycles. The summed E-state index contributed by atoms with van der Waals surface area (Å²) in [4.78, 5) is 13.5. The highest BCUT2D eigenvalue weighted by Gasteiger charge is 2.51. The predicted molar refractivity (Wildman–Crippen MR) is 103 cm³/mol. The number of benzene rings is 1. The molecule has 1 fully saturated rings. The third-order valence-corrected chi connectivity index (χ3v) is 8.12. The lowest BCUT2D eigenvalue weighted by molar-refractivity contribution is -2.00. The molecule has 0 bridgehead atoms. The Hall–Kier alpha value is -0.910. The maximum Gasteiger partial charge on any atom is 0.273 e. The number of thioether (sulfide) groups is 2. The van der Waals surface area contributed by atoms with Gasteiger partial charge in [0.25, 0.3) is 4.38 Å². The van der Waals surface area contributed by atoms with Gasteiger partial charge in [0, 0.05) is 6.42 Å². The third-order valence-electron chi connectivity index (χ3n) is 3.93. The second-order valence-electron chi connectivity index (χ2n) is 5.72. The second kappa shape index (κ2) is 10.2. The van der Waals surface area contributed by atoms with Crippen molar-refractivity contribution in [3.8, 4) is 0 Å². The Morgan fingerprint density at radius 2 is 1.57 bits per heavy atom. The number of halogens is 1. The van der Waals surface area contributed by atoms with Crippen LogP contribution in [0.5, 0.6) is 0 Å². The lowest BCUT2D eigenvalue weighted by atomic mass is 10.1. The zero-order chi connectivity index (χ0) is 20.8. The summed E-state index contributed by atoms with van der Waals surface area (Å²) in [7, 11) is -4.94. The van der Waals surface area contributed by atoms with Gasteiger partial charge in [0.2, 0.25) is 0 Å². The molecule has 0 spiro atoms. The molecular weight excluding hydrogens is 442 g/mol. The molecule has 1 aromatic heterocycles. The van der Waals surface area contributed by atoms with E-state index in [4.69, 9.17) is 18.6 Å². The zero-order valence-corrected chi connectivity index (χ0v) is 18.5. The normalized spacial score (nSPS) is 18.7. The molecule has 0 radical (unpaired) electrons. The smallest absolute Gasteiger partial charge is 0.273 e. The molecule has 1 aliphatic rings. The molecule has 1 saturated heterocycles. The Labute approximate surface area is 178 Å². The number of hydrogen-bond donors (Lipinski definition) is 0. The Balaban J connectivity index is 0.000000500. The monoisotopic (exact) mass is 461 g/mol. The molecule has 6 nitrogen and oxygen atoms in total. The van der Waals surface area contributed by atoms with Gasteiger partial charge in [-0.05, 0) is 54.4 Å². The van der Waals surface area contributed by atoms with Crippen LogP contribution in [0.25, 0.3) is 0 Å². The van der Waals surface area contributed by atoms with Gasteiger partial charge in [-0.25, -0.2) is 23.2 Å². The van der Waals surface area contributed by atoms with E-state index in [0.29, 0.717) is 6.42 Å². The lowest BCUT2D eigenvalue weighted by Gasteiger charge is -2.38. The Morgan fingerprint density at radius 1 is 1.00 bits per heavy atom. The number of ketones is 1. The minimum Gasteiger partial charge on any atom is -0.293 e. The van der Waals surface area contributed by atoms with Gasteiger partial charge >= 0.3 is 0 Å². The van der Waals surface area contributed by atoms with Crippen LogP contribution in [-0.4, -0.2) is 27.8 Å². The van der Waals surface area contributed by atoms with Crippen molar-refractivity contribution in [1.82, 2.24) is 0 Å². The molecule has 2 aromatic rings. The molecule has 1 aromatic carbocycles. The first-order chi connectivity index (χ1) is 13.2. The molecule has 28 heavy (non-hydrogen) atoms. The summed E-state index contributed by atoms with van der Waals surface area (Å²) in [6, 6.07) is 14.3. The fraction of sp³-hybridized carbons (Fsp3) is 0.333. The topological polar surface area (TPSA) is 112 Å². The van der Waals surface area contributed by atoms with Crippen LogP contribution in [0, 0.1) is 10.2 Å². The summed E-state index contributed by atoms with van der Waals surface area (Å²) < 4.78 is 37.5. The highest BCUT2D eigenvalue weighted by molar-refractivity contribution is 8.53. The van der Waals surface area contributed by atoms with E-state index in [1.54, 1.807) is 0 Å². The van der Waals surface area contributed by atoms with E-state index in [2.05, 4.69) is 42.7 Å². The predicted octanol–water partition coefficient (Wildman–Crippen LogP) is 0.306. The van der Waals surface area contributed by atoms with E-state index in [0.717, 1.165) is 18.0 Å². The Kier molecular flexibility index (Phi) is 8.53. The fourth-order valence-electron chi connectivity index (χ4n) is 2.62. The van der Waals surface area contributed by atoms with Gasteiger partial charge in [-0.2, -0.15) is 0 Å². The summed E-state index contributed by atoms with van der Waals surface area (Å²) in [6.45, 7) is 6.37. The van der Waals surface area contributed by atoms with Crippen LogP contribution in [0.4, 0.5) is 0 Å². The zero-order valence-electron chi connectivity index (χ0n) is 15.3. The summed E-state index contributed by atoms with van der Waals surface area (Å²) in [5.41, 5.74) is 1.23. The van der Waals surface area contributed by atoms with Crippen LogP contribution < -0.4 is 18.6 Å². The maximum atomic E-state index is 12.7. The van der Waals surface area contributed by atoms with Crippen molar-refractivity contribution in [1.29, 1.82) is 0 Å². The first kappa shape index (κ1) is 23.4. The van der Waals surface area contributed by atoms with Gasteiger partial charge in [-0.3, -0.25) is 4.79 Å². The molecular formula is C18H20ClNO5S3. The number of hydrogen-bond acceptors (Lipinski definition) is 8. The number of carbonyl (C=O) groups excluding carboxylic acids is 1. The van der Waals surface area contributed by atoms with E-state index in [1.807, 2.05) is 47.1 Å². The fourth-order valence-corrected chi connectivity index (χ4v) is 6.63. The Bertz CT molecular complexity index is 786. The van der Waals surface area contributed by atoms with Crippen molar-refractivity contribution in [3.63, 3.8) is 0 Å². The van der Waals surface area contributed by atoms with Crippen LogP contribution in [-0.2, 0) is 4.08 Å². The lowest BCUT2D eigenvalue weighted by Crippen LogP contribution is -2.68. The molecule has 0 atom stereocenters. The van der Waals surface area contributed by atoms with Crippen molar-refractivity contribution < 1.29 is 38.2 Å². The van der Waals surface area contributed by atoms with Gasteiger partial charge in [0.15, 0.2) is 5.78 Å². The van der Waals surface area contributed by atoms with Gasteiger partial charge in [0.1, 0.15) is 17.2 Å². The SMILES string of the molecule is CC[N+](CC)=C1SC(CC(=O)c2cccs2)(c2ccccc2)S1.[O-][Cl+3]([O-])([O-])[O-]. The van der Waals surface area contributed by atoms with Crippen LogP contribution in [0.3, 0.4) is 0 Å². The van der Waals surface area contributed by atoms with E-state index in [9.17, 15) is 4.79 Å². The molecule has 2 heterocycles. The molecule has 0 amide bonds. The minimum atomic E-state index is -4.94. The molecule has 10 heteroatoms. The van der Waals surface area contributed by atoms with Crippen LogP contribution in [0.2, 0.25) is 0 Å². The summed E-state index contributed by atoms with van der Waals surface area (Å²) in [6.07, 6.45) is 0.539. The first-order valence-corrected chi connectivity index (χ1v) is 12.2. The molecule has 3 rings (SSSR count). The van der Waals surface area contributed by atoms with Crippen molar-refractivity contribution in [2.75, 3.05) is 13.1 Å². The molecule has 0 N–H and O–H groups in total. The number of carbonyl (C=O) groups is 1. The molecule has 0 aliphatic carbocycles. The molecule has 0 saturated carbocycles.